The summed E-state index contributed by atoms with van der Waals surface area (Å²) in [4.78, 5) is 4.11. The summed E-state index contributed by atoms with van der Waals surface area (Å²) in [5, 5.41) is 0. The van der Waals surface area contributed by atoms with E-state index in [1.165, 1.54) is 18.5 Å². The van der Waals surface area contributed by atoms with Crippen LogP contribution in [0.15, 0.2) is 52.1 Å². The second-order valence-corrected chi connectivity index (χ2v) is 6.65. The van der Waals surface area contributed by atoms with Crippen molar-refractivity contribution < 1.29 is 12.8 Å². The highest BCUT2D eigenvalue weighted by Gasteiger charge is 2.16. The van der Waals surface area contributed by atoms with Crippen molar-refractivity contribution >= 4 is 26.8 Å². The second-order valence-electron chi connectivity index (χ2n) is 4.96. The third kappa shape index (κ3) is 2.75. The van der Waals surface area contributed by atoms with Gasteiger partial charge in [-0.15, -0.1) is 0 Å². The normalized spacial score (nSPS) is 11.7. The molecular weight excluding hydrogens is 288 g/mol. The molecule has 0 saturated heterocycles. The van der Waals surface area contributed by atoms with Gasteiger partial charge in [-0.3, -0.25) is 4.72 Å². The van der Waals surface area contributed by atoms with Crippen molar-refractivity contribution in [2.75, 3.05) is 4.72 Å². The lowest BCUT2D eigenvalue weighted by Gasteiger charge is -2.09. The molecule has 3 rings (SSSR count). The number of sulfonamides is 1. The number of aryl methyl sites for hydroxylation is 2. The number of anilines is 1. The average molecular weight is 302 g/mol. The van der Waals surface area contributed by atoms with E-state index in [1.807, 2.05) is 19.9 Å². The highest BCUT2D eigenvalue weighted by atomic mass is 32.2. The second kappa shape index (κ2) is 4.89. The fourth-order valence-corrected chi connectivity index (χ4v) is 3.31. The number of benzene rings is 2. The van der Waals surface area contributed by atoms with Gasteiger partial charge >= 0.3 is 0 Å². The van der Waals surface area contributed by atoms with Crippen LogP contribution >= 0.6 is 0 Å². The predicted octanol–water partition coefficient (Wildman–Crippen LogP) is 3.25. The standard InChI is InChI=1S/C15H14N2O3S/c1-10-5-11(2)7-12(6-10)17-21(18,19)13-3-4-14-15(8-13)20-9-16-14/h3-9,17H,1-2H3. The highest BCUT2D eigenvalue weighted by molar-refractivity contribution is 7.92. The fourth-order valence-electron chi connectivity index (χ4n) is 2.25. The molecule has 0 aliphatic carbocycles. The first kappa shape index (κ1) is 13.6. The van der Waals surface area contributed by atoms with Gasteiger partial charge in [0.1, 0.15) is 5.52 Å². The van der Waals surface area contributed by atoms with Crippen molar-refractivity contribution in [2.45, 2.75) is 18.7 Å². The van der Waals surface area contributed by atoms with Crippen molar-refractivity contribution in [3.05, 3.63) is 53.9 Å². The molecule has 0 aliphatic heterocycles. The van der Waals surface area contributed by atoms with Gasteiger partial charge in [0.05, 0.1) is 4.90 Å². The third-order valence-corrected chi connectivity index (χ3v) is 4.47. The zero-order valence-electron chi connectivity index (χ0n) is 11.6. The summed E-state index contributed by atoms with van der Waals surface area (Å²) in [6.45, 7) is 3.84. The van der Waals surface area contributed by atoms with Crippen LogP contribution in [0.5, 0.6) is 0 Å². The van der Waals surface area contributed by atoms with Crippen molar-refractivity contribution in [3.63, 3.8) is 0 Å². The lowest BCUT2D eigenvalue weighted by molar-refractivity contribution is 0.594. The molecule has 0 spiro atoms. The summed E-state index contributed by atoms with van der Waals surface area (Å²) in [6.07, 6.45) is 1.29. The summed E-state index contributed by atoms with van der Waals surface area (Å²) < 4.78 is 32.6. The average Bonchev–Trinajstić information content (AvgIpc) is 2.83. The van der Waals surface area contributed by atoms with Crippen molar-refractivity contribution in [1.82, 2.24) is 4.98 Å². The number of aromatic nitrogens is 1. The molecule has 3 aromatic rings. The molecule has 108 valence electrons. The summed E-state index contributed by atoms with van der Waals surface area (Å²) in [5.74, 6) is 0. The van der Waals surface area contributed by atoms with E-state index in [9.17, 15) is 8.42 Å². The molecule has 0 saturated carbocycles. The minimum Gasteiger partial charge on any atom is -0.443 e. The molecule has 0 radical (unpaired) electrons. The zero-order chi connectivity index (χ0) is 15.0. The van der Waals surface area contributed by atoms with E-state index >= 15 is 0 Å². The number of rotatable bonds is 3. The van der Waals surface area contributed by atoms with Gasteiger partial charge in [-0.2, -0.15) is 0 Å². The Bertz CT molecular complexity index is 893. The number of hydrogen-bond acceptors (Lipinski definition) is 4. The Balaban J connectivity index is 1.99. The first-order chi connectivity index (χ1) is 9.94. The SMILES string of the molecule is Cc1cc(C)cc(NS(=O)(=O)c2ccc3ncoc3c2)c1. The summed E-state index contributed by atoms with van der Waals surface area (Å²) in [7, 11) is -3.65. The van der Waals surface area contributed by atoms with Gasteiger partial charge in [0.25, 0.3) is 10.0 Å². The molecule has 0 aliphatic rings. The zero-order valence-corrected chi connectivity index (χ0v) is 12.4. The Morgan fingerprint density at radius 1 is 1.05 bits per heavy atom. The molecule has 0 amide bonds. The Morgan fingerprint density at radius 2 is 1.76 bits per heavy atom. The van der Waals surface area contributed by atoms with Crippen molar-refractivity contribution in [2.24, 2.45) is 0 Å². The maximum absolute atomic E-state index is 12.4. The van der Waals surface area contributed by atoms with E-state index in [4.69, 9.17) is 4.42 Å². The van der Waals surface area contributed by atoms with E-state index in [0.29, 0.717) is 16.8 Å². The Labute approximate surface area is 122 Å². The molecule has 0 fully saturated rings. The van der Waals surface area contributed by atoms with E-state index in [1.54, 1.807) is 18.2 Å². The third-order valence-electron chi connectivity index (χ3n) is 3.09. The van der Waals surface area contributed by atoms with E-state index < -0.39 is 10.0 Å². The topological polar surface area (TPSA) is 72.2 Å². The number of hydrogen-bond donors (Lipinski definition) is 1. The molecule has 2 aromatic carbocycles. The van der Waals surface area contributed by atoms with E-state index in [-0.39, 0.29) is 4.90 Å². The number of nitrogens with zero attached hydrogens (tertiary/aromatic N) is 1. The van der Waals surface area contributed by atoms with Crippen LogP contribution in [-0.2, 0) is 10.0 Å². The molecular formula is C15H14N2O3S. The number of nitrogens with one attached hydrogen (secondary N) is 1. The first-order valence-corrected chi connectivity index (χ1v) is 7.87. The van der Waals surface area contributed by atoms with Gasteiger partial charge < -0.3 is 4.42 Å². The van der Waals surface area contributed by atoms with Crippen LogP contribution in [0.25, 0.3) is 11.1 Å². The molecule has 0 unspecified atom stereocenters. The molecule has 5 nitrogen and oxygen atoms in total. The smallest absolute Gasteiger partial charge is 0.262 e. The Kier molecular flexibility index (Phi) is 3.17. The first-order valence-electron chi connectivity index (χ1n) is 6.38. The van der Waals surface area contributed by atoms with Crippen molar-refractivity contribution in [3.8, 4) is 0 Å². The van der Waals surface area contributed by atoms with Gasteiger partial charge in [-0.1, -0.05) is 6.07 Å². The minimum atomic E-state index is -3.65. The fraction of sp³-hybridized carbons (Fsp3) is 0.133. The van der Waals surface area contributed by atoms with Gasteiger partial charge in [-0.05, 0) is 49.2 Å². The molecule has 6 heteroatoms. The highest BCUT2D eigenvalue weighted by Crippen LogP contribution is 2.22. The van der Waals surface area contributed by atoms with Gasteiger partial charge in [-0.25, -0.2) is 13.4 Å². The maximum Gasteiger partial charge on any atom is 0.262 e. The van der Waals surface area contributed by atoms with Crippen LogP contribution in [0.2, 0.25) is 0 Å². The number of fused-ring (bicyclic) bond motifs is 1. The lowest BCUT2D eigenvalue weighted by atomic mass is 10.1. The summed E-state index contributed by atoms with van der Waals surface area (Å²) in [6, 6.07) is 10.2. The van der Waals surface area contributed by atoms with Gasteiger partial charge in [0, 0.05) is 11.8 Å². The van der Waals surface area contributed by atoms with Crippen LogP contribution in [-0.4, -0.2) is 13.4 Å². The summed E-state index contributed by atoms with van der Waals surface area (Å²) in [5.41, 5.74) is 3.61. The molecule has 0 atom stereocenters. The summed E-state index contributed by atoms with van der Waals surface area (Å²) >= 11 is 0. The maximum atomic E-state index is 12.4. The Morgan fingerprint density at radius 3 is 2.48 bits per heavy atom. The molecule has 1 heterocycles. The van der Waals surface area contributed by atoms with Crippen LogP contribution in [0.4, 0.5) is 5.69 Å². The quantitative estimate of drug-likeness (QED) is 0.806. The van der Waals surface area contributed by atoms with Crippen LogP contribution in [0.1, 0.15) is 11.1 Å². The van der Waals surface area contributed by atoms with Crippen LogP contribution in [0, 0.1) is 13.8 Å². The molecule has 1 N–H and O–H groups in total. The number of oxazole rings is 1. The molecule has 0 bridgehead atoms. The Hall–Kier alpha value is -2.34. The largest absolute Gasteiger partial charge is 0.443 e. The van der Waals surface area contributed by atoms with Gasteiger partial charge in [0.2, 0.25) is 0 Å². The monoisotopic (exact) mass is 302 g/mol. The van der Waals surface area contributed by atoms with Crippen LogP contribution in [0.3, 0.4) is 0 Å². The van der Waals surface area contributed by atoms with E-state index in [0.717, 1.165) is 11.1 Å². The minimum absolute atomic E-state index is 0.144. The molecule has 21 heavy (non-hydrogen) atoms. The predicted molar refractivity (Wildman–Crippen MR) is 80.7 cm³/mol. The van der Waals surface area contributed by atoms with Crippen LogP contribution < -0.4 is 4.72 Å². The van der Waals surface area contributed by atoms with E-state index in [2.05, 4.69) is 9.71 Å². The van der Waals surface area contributed by atoms with Crippen molar-refractivity contribution in [1.29, 1.82) is 0 Å². The molecule has 1 aromatic heterocycles. The van der Waals surface area contributed by atoms with Gasteiger partial charge in [0.15, 0.2) is 12.0 Å². The lowest BCUT2D eigenvalue weighted by Crippen LogP contribution is -2.13.